The predicted octanol–water partition coefficient (Wildman–Crippen LogP) is 5.82. The van der Waals surface area contributed by atoms with Crippen molar-refractivity contribution >= 4 is 23.3 Å². The molecule has 1 spiro atoms. The normalized spacial score (nSPS) is 21.1. The van der Waals surface area contributed by atoms with E-state index in [0.717, 1.165) is 46.8 Å². The Balaban J connectivity index is 1.64. The van der Waals surface area contributed by atoms with E-state index in [1.54, 1.807) is 0 Å². The molecule has 3 aliphatic rings. The highest BCUT2D eigenvalue weighted by Crippen LogP contribution is 2.57. The van der Waals surface area contributed by atoms with Crippen LogP contribution in [0.15, 0.2) is 54.6 Å². The molecule has 0 aromatic heterocycles. The molecule has 1 saturated heterocycles. The van der Waals surface area contributed by atoms with Gasteiger partial charge in [-0.15, -0.1) is 0 Å². The minimum atomic E-state index is -1.06. The molecule has 0 bridgehead atoms. The van der Waals surface area contributed by atoms with Crippen LogP contribution in [0.2, 0.25) is 5.02 Å². The minimum absolute atomic E-state index is 0.329. The molecule has 0 N–H and O–H groups in total. The van der Waals surface area contributed by atoms with Gasteiger partial charge in [0.1, 0.15) is 11.5 Å². The Kier molecular flexibility index (Phi) is 3.72. The summed E-state index contributed by atoms with van der Waals surface area (Å²) in [6, 6.07) is 17.6. The van der Waals surface area contributed by atoms with Gasteiger partial charge >= 0.3 is 5.97 Å². The second-order valence-corrected chi connectivity index (χ2v) is 8.60. The molecular formula is C25H20ClNO3. The Morgan fingerprint density at radius 3 is 2.53 bits per heavy atom. The first-order valence-electron chi connectivity index (χ1n) is 10.3. The first-order valence-corrected chi connectivity index (χ1v) is 10.7. The highest BCUT2D eigenvalue weighted by molar-refractivity contribution is 6.31. The summed E-state index contributed by atoms with van der Waals surface area (Å²) in [7, 11) is 0. The van der Waals surface area contributed by atoms with Crippen LogP contribution in [0.25, 0.3) is 0 Å². The number of anilines is 1. The van der Waals surface area contributed by atoms with Gasteiger partial charge in [0.25, 0.3) is 0 Å². The molecule has 1 unspecified atom stereocenters. The molecule has 0 amide bonds. The van der Waals surface area contributed by atoms with E-state index in [2.05, 4.69) is 17.0 Å². The van der Waals surface area contributed by atoms with Crippen molar-refractivity contribution < 1.29 is 14.3 Å². The maximum atomic E-state index is 12.9. The topological polar surface area (TPSA) is 38.8 Å². The van der Waals surface area contributed by atoms with Crippen molar-refractivity contribution in [3.05, 3.63) is 87.4 Å². The number of aryl methyl sites for hydroxylation is 1. The first kappa shape index (κ1) is 17.8. The second-order valence-electron chi connectivity index (χ2n) is 8.19. The Hall–Kier alpha value is -2.98. The van der Waals surface area contributed by atoms with Crippen LogP contribution in [0.5, 0.6) is 11.5 Å². The van der Waals surface area contributed by atoms with E-state index in [1.165, 1.54) is 12.8 Å². The molecule has 0 aliphatic carbocycles. The number of carbonyl (C=O) groups is 1. The molecular weight excluding hydrogens is 398 g/mol. The van der Waals surface area contributed by atoms with Crippen LogP contribution in [-0.4, -0.2) is 19.1 Å². The molecule has 3 aromatic carbocycles. The lowest BCUT2D eigenvalue weighted by molar-refractivity contribution is 0.0224. The monoisotopic (exact) mass is 417 g/mol. The Morgan fingerprint density at radius 2 is 1.70 bits per heavy atom. The van der Waals surface area contributed by atoms with E-state index in [4.69, 9.17) is 21.1 Å². The molecule has 1 atom stereocenters. The highest BCUT2D eigenvalue weighted by Gasteiger charge is 2.53. The third kappa shape index (κ3) is 2.31. The van der Waals surface area contributed by atoms with Gasteiger partial charge in [-0.25, -0.2) is 4.79 Å². The molecule has 4 nitrogen and oxygen atoms in total. The molecule has 3 heterocycles. The summed E-state index contributed by atoms with van der Waals surface area (Å²) in [5, 5.41) is 0.620. The predicted molar refractivity (Wildman–Crippen MR) is 116 cm³/mol. The van der Waals surface area contributed by atoms with Crippen LogP contribution in [0.4, 0.5) is 5.69 Å². The summed E-state index contributed by atoms with van der Waals surface area (Å²) in [6.07, 6.45) is 2.40. The minimum Gasteiger partial charge on any atom is -0.456 e. The highest BCUT2D eigenvalue weighted by atomic mass is 35.5. The molecule has 1 fully saturated rings. The zero-order chi connectivity index (χ0) is 20.5. The SMILES string of the molecule is Cc1cc2c(cc1Cl)C1(OC(=O)c3ccccc31)c1ccc(N3CCCC3)cc1O2. The van der Waals surface area contributed by atoms with Crippen LogP contribution in [-0.2, 0) is 10.3 Å². The van der Waals surface area contributed by atoms with E-state index >= 15 is 0 Å². The third-order valence-electron chi connectivity index (χ3n) is 6.45. The Labute approximate surface area is 180 Å². The molecule has 0 radical (unpaired) electrons. The van der Waals surface area contributed by atoms with E-state index in [9.17, 15) is 4.79 Å². The smallest absolute Gasteiger partial charge is 0.340 e. The fourth-order valence-corrected chi connectivity index (χ4v) is 5.12. The molecule has 30 heavy (non-hydrogen) atoms. The fourth-order valence-electron chi connectivity index (χ4n) is 4.95. The molecule has 5 heteroatoms. The van der Waals surface area contributed by atoms with Crippen LogP contribution < -0.4 is 9.64 Å². The standard InChI is InChI=1S/C25H20ClNO3/c1-15-12-22-20(14-21(15)26)25(18-7-3-2-6-17(18)24(28)30-25)19-9-8-16(13-23(19)29-22)27-10-4-5-11-27/h2-3,6-9,12-14H,4-5,10-11H2,1H3. The van der Waals surface area contributed by atoms with Crippen molar-refractivity contribution in [1.29, 1.82) is 0 Å². The summed E-state index contributed by atoms with van der Waals surface area (Å²) < 4.78 is 12.6. The van der Waals surface area contributed by atoms with Crippen molar-refractivity contribution in [2.45, 2.75) is 25.4 Å². The van der Waals surface area contributed by atoms with Gasteiger partial charge in [0.15, 0.2) is 5.60 Å². The van der Waals surface area contributed by atoms with Crippen molar-refractivity contribution in [3.8, 4) is 11.5 Å². The lowest BCUT2D eigenvalue weighted by Gasteiger charge is -2.37. The summed E-state index contributed by atoms with van der Waals surface area (Å²) in [6.45, 7) is 4.05. The van der Waals surface area contributed by atoms with Gasteiger partial charge in [-0.1, -0.05) is 29.8 Å². The molecule has 6 rings (SSSR count). The lowest BCUT2D eigenvalue weighted by atomic mass is 9.77. The zero-order valence-electron chi connectivity index (χ0n) is 16.6. The van der Waals surface area contributed by atoms with Crippen LogP contribution in [0.3, 0.4) is 0 Å². The fraction of sp³-hybridized carbons (Fsp3) is 0.240. The van der Waals surface area contributed by atoms with Gasteiger partial charge in [0, 0.05) is 46.6 Å². The molecule has 3 aromatic rings. The second kappa shape index (κ2) is 6.26. The van der Waals surface area contributed by atoms with E-state index in [0.29, 0.717) is 16.3 Å². The number of hydrogen-bond acceptors (Lipinski definition) is 4. The maximum absolute atomic E-state index is 12.9. The molecule has 3 aliphatic heterocycles. The van der Waals surface area contributed by atoms with Gasteiger partial charge in [0.2, 0.25) is 0 Å². The number of ether oxygens (including phenoxy) is 2. The van der Waals surface area contributed by atoms with Crippen molar-refractivity contribution in [2.24, 2.45) is 0 Å². The quantitative estimate of drug-likeness (QED) is 0.468. The third-order valence-corrected chi connectivity index (χ3v) is 6.86. The van der Waals surface area contributed by atoms with E-state index < -0.39 is 5.60 Å². The number of fused-ring (bicyclic) bond motifs is 6. The van der Waals surface area contributed by atoms with Gasteiger partial charge in [-0.3, -0.25) is 0 Å². The summed E-state index contributed by atoms with van der Waals surface area (Å²) >= 11 is 6.51. The van der Waals surface area contributed by atoms with Gasteiger partial charge in [-0.2, -0.15) is 0 Å². The average molecular weight is 418 g/mol. The van der Waals surface area contributed by atoms with Crippen molar-refractivity contribution in [2.75, 3.05) is 18.0 Å². The van der Waals surface area contributed by atoms with Crippen LogP contribution in [0, 0.1) is 6.92 Å². The van der Waals surface area contributed by atoms with Crippen molar-refractivity contribution in [3.63, 3.8) is 0 Å². The molecule has 0 saturated carbocycles. The number of nitrogens with zero attached hydrogens (tertiary/aromatic N) is 1. The maximum Gasteiger partial charge on any atom is 0.340 e. The number of benzene rings is 3. The number of hydrogen-bond donors (Lipinski definition) is 0. The first-order chi connectivity index (χ1) is 14.6. The van der Waals surface area contributed by atoms with E-state index in [1.807, 2.05) is 49.4 Å². The summed E-state index contributed by atoms with van der Waals surface area (Å²) in [5.41, 5.74) is 3.99. The van der Waals surface area contributed by atoms with Gasteiger partial charge in [0.05, 0.1) is 5.56 Å². The zero-order valence-corrected chi connectivity index (χ0v) is 17.3. The number of carbonyl (C=O) groups excluding carboxylic acids is 1. The average Bonchev–Trinajstić information content (AvgIpc) is 3.38. The van der Waals surface area contributed by atoms with Gasteiger partial charge < -0.3 is 14.4 Å². The van der Waals surface area contributed by atoms with E-state index in [-0.39, 0.29) is 5.97 Å². The number of rotatable bonds is 1. The Bertz CT molecular complexity index is 1220. The van der Waals surface area contributed by atoms with Crippen molar-refractivity contribution in [1.82, 2.24) is 0 Å². The number of esters is 1. The largest absolute Gasteiger partial charge is 0.456 e. The lowest BCUT2D eigenvalue weighted by Crippen LogP contribution is -2.33. The Morgan fingerprint density at radius 1 is 0.933 bits per heavy atom. The van der Waals surface area contributed by atoms with Crippen LogP contribution >= 0.6 is 11.6 Å². The summed E-state index contributed by atoms with van der Waals surface area (Å²) in [5.74, 6) is 1.07. The van der Waals surface area contributed by atoms with Gasteiger partial charge in [-0.05, 0) is 55.7 Å². The molecule has 150 valence electrons. The van der Waals surface area contributed by atoms with Crippen LogP contribution in [0.1, 0.15) is 45.5 Å². The summed E-state index contributed by atoms with van der Waals surface area (Å²) in [4.78, 5) is 15.3. The number of halogens is 1.